The molecule has 0 aromatic rings. The third-order valence-corrected chi connectivity index (χ3v) is 1.54. The van der Waals surface area contributed by atoms with E-state index in [4.69, 9.17) is 5.73 Å². The molecule has 0 saturated carbocycles. The summed E-state index contributed by atoms with van der Waals surface area (Å²) >= 11 is 0. The van der Waals surface area contributed by atoms with Crippen LogP contribution in [0.2, 0.25) is 0 Å². The van der Waals surface area contributed by atoms with E-state index in [1.165, 1.54) is 0 Å². The molecule has 1 unspecified atom stereocenters. The Bertz CT molecular complexity index is 148. The van der Waals surface area contributed by atoms with Gasteiger partial charge in [0.15, 0.2) is 0 Å². The van der Waals surface area contributed by atoms with Crippen molar-refractivity contribution in [2.24, 2.45) is 5.73 Å². The maximum Gasteiger partial charge on any atom is 0.237 e. The van der Waals surface area contributed by atoms with Crippen molar-refractivity contribution < 1.29 is 9.59 Å². The molecule has 12 heavy (non-hydrogen) atoms. The number of hydrogen-bond acceptors (Lipinski definition) is 3. The van der Waals surface area contributed by atoms with Gasteiger partial charge in [0.05, 0.1) is 12.6 Å². The molecule has 0 saturated heterocycles. The summed E-state index contributed by atoms with van der Waals surface area (Å²) in [5.74, 6) is -0.271. The van der Waals surface area contributed by atoms with E-state index < -0.39 is 6.04 Å². The van der Waals surface area contributed by atoms with Gasteiger partial charge in [0.2, 0.25) is 12.2 Å². The topological polar surface area (TPSA) is 72.2 Å². The predicted octanol–water partition coefficient (Wildman–Crippen LogP) is -0.270. The van der Waals surface area contributed by atoms with Crippen molar-refractivity contribution in [1.29, 1.82) is 0 Å². The highest BCUT2D eigenvalue weighted by Crippen LogP contribution is 1.97. The molecule has 4 nitrogen and oxygen atoms in total. The fraction of sp³-hybridized carbons (Fsp3) is 0.750. The molecule has 3 N–H and O–H groups in total. The van der Waals surface area contributed by atoms with Crippen LogP contribution in [0.15, 0.2) is 0 Å². The molecule has 69 valence electrons. The third kappa shape index (κ3) is 4.85. The van der Waals surface area contributed by atoms with Crippen molar-refractivity contribution >= 4 is 12.2 Å². The van der Waals surface area contributed by atoms with E-state index in [1.54, 1.807) is 6.29 Å². The quantitative estimate of drug-likeness (QED) is 0.578. The SMILES string of the molecule is CCCCC(N)C(=O)NC[C]=O. The number of rotatable bonds is 6. The van der Waals surface area contributed by atoms with Gasteiger partial charge in [-0.2, -0.15) is 0 Å². The molecule has 0 aromatic carbocycles. The van der Waals surface area contributed by atoms with Gasteiger partial charge in [-0.05, 0) is 6.42 Å². The molecular formula is C8H15N2O2. The molecule has 1 atom stereocenters. The Labute approximate surface area is 72.5 Å². The molecule has 0 rings (SSSR count). The first-order valence-corrected chi connectivity index (χ1v) is 4.10. The Hall–Kier alpha value is -0.900. The monoisotopic (exact) mass is 171 g/mol. The lowest BCUT2D eigenvalue weighted by molar-refractivity contribution is -0.122. The van der Waals surface area contributed by atoms with Crippen molar-refractivity contribution in [2.75, 3.05) is 6.54 Å². The van der Waals surface area contributed by atoms with Crippen molar-refractivity contribution in [2.45, 2.75) is 32.2 Å². The lowest BCUT2D eigenvalue weighted by Gasteiger charge is -2.08. The van der Waals surface area contributed by atoms with E-state index in [0.717, 1.165) is 12.8 Å². The summed E-state index contributed by atoms with van der Waals surface area (Å²) in [7, 11) is 0. The van der Waals surface area contributed by atoms with Crippen LogP contribution in [-0.4, -0.2) is 24.8 Å². The van der Waals surface area contributed by atoms with Crippen molar-refractivity contribution in [3.8, 4) is 0 Å². The Morgan fingerprint density at radius 1 is 1.67 bits per heavy atom. The highest BCUT2D eigenvalue weighted by atomic mass is 16.2. The molecule has 0 bridgehead atoms. The number of nitrogens with two attached hydrogens (primary N) is 1. The van der Waals surface area contributed by atoms with E-state index in [2.05, 4.69) is 5.32 Å². The largest absolute Gasteiger partial charge is 0.347 e. The summed E-state index contributed by atoms with van der Waals surface area (Å²) in [5.41, 5.74) is 5.50. The Kier molecular flexibility index (Phi) is 6.28. The zero-order valence-corrected chi connectivity index (χ0v) is 7.30. The fourth-order valence-corrected chi connectivity index (χ4v) is 0.809. The molecule has 1 amide bonds. The first-order valence-electron chi connectivity index (χ1n) is 4.10. The third-order valence-electron chi connectivity index (χ3n) is 1.54. The molecule has 0 aliphatic heterocycles. The van der Waals surface area contributed by atoms with E-state index in [9.17, 15) is 9.59 Å². The molecule has 0 aliphatic carbocycles. The Morgan fingerprint density at radius 2 is 2.33 bits per heavy atom. The Balaban J connectivity index is 3.53. The average molecular weight is 171 g/mol. The summed E-state index contributed by atoms with van der Waals surface area (Å²) in [6.07, 6.45) is 4.18. The zero-order chi connectivity index (χ0) is 9.40. The van der Waals surface area contributed by atoms with Gasteiger partial charge < -0.3 is 11.1 Å². The number of hydrogen-bond donors (Lipinski definition) is 2. The van der Waals surface area contributed by atoms with Crippen LogP contribution in [0, 0.1) is 0 Å². The molecule has 1 radical (unpaired) electrons. The van der Waals surface area contributed by atoms with Gasteiger partial charge in [-0.15, -0.1) is 0 Å². The Morgan fingerprint density at radius 3 is 2.83 bits per heavy atom. The van der Waals surface area contributed by atoms with Gasteiger partial charge in [0.25, 0.3) is 0 Å². The van der Waals surface area contributed by atoms with Crippen LogP contribution in [0.4, 0.5) is 0 Å². The lowest BCUT2D eigenvalue weighted by atomic mass is 10.1. The van der Waals surface area contributed by atoms with E-state index in [1.807, 2.05) is 6.92 Å². The maximum absolute atomic E-state index is 11.0. The van der Waals surface area contributed by atoms with Gasteiger partial charge in [-0.3, -0.25) is 9.59 Å². The van der Waals surface area contributed by atoms with Crippen LogP contribution < -0.4 is 11.1 Å². The van der Waals surface area contributed by atoms with Crippen molar-refractivity contribution in [1.82, 2.24) is 5.32 Å². The summed E-state index contributed by atoms with van der Waals surface area (Å²) < 4.78 is 0. The number of carbonyl (C=O) groups excluding carboxylic acids is 2. The standard InChI is InChI=1S/C8H15N2O2/c1-2-3-4-7(9)8(12)10-5-6-11/h7H,2-5,9H2,1H3,(H,10,12). The van der Waals surface area contributed by atoms with Crippen LogP contribution in [-0.2, 0) is 9.59 Å². The molecular weight excluding hydrogens is 156 g/mol. The number of amides is 1. The van der Waals surface area contributed by atoms with Gasteiger partial charge in [0, 0.05) is 0 Å². The molecule has 0 aliphatic rings. The highest BCUT2D eigenvalue weighted by Gasteiger charge is 2.10. The van der Waals surface area contributed by atoms with Crippen molar-refractivity contribution in [3.63, 3.8) is 0 Å². The molecule has 0 heterocycles. The fourth-order valence-electron chi connectivity index (χ4n) is 0.809. The van der Waals surface area contributed by atoms with Gasteiger partial charge >= 0.3 is 0 Å². The lowest BCUT2D eigenvalue weighted by Crippen LogP contribution is -2.41. The molecule has 0 spiro atoms. The average Bonchev–Trinajstić information content (AvgIpc) is 2.10. The zero-order valence-electron chi connectivity index (χ0n) is 7.30. The summed E-state index contributed by atoms with van der Waals surface area (Å²) in [6.45, 7) is 1.96. The van der Waals surface area contributed by atoms with E-state index in [0.29, 0.717) is 6.42 Å². The van der Waals surface area contributed by atoms with E-state index >= 15 is 0 Å². The summed E-state index contributed by atoms with van der Waals surface area (Å²) in [6, 6.07) is -0.488. The van der Waals surface area contributed by atoms with Gasteiger partial charge in [0.1, 0.15) is 0 Å². The normalized spacial score (nSPS) is 12.2. The summed E-state index contributed by atoms with van der Waals surface area (Å²) in [4.78, 5) is 20.8. The second-order valence-corrected chi connectivity index (χ2v) is 2.61. The highest BCUT2D eigenvalue weighted by molar-refractivity contribution is 5.83. The van der Waals surface area contributed by atoms with Crippen LogP contribution in [0.3, 0.4) is 0 Å². The van der Waals surface area contributed by atoms with E-state index in [-0.39, 0.29) is 12.5 Å². The maximum atomic E-state index is 11.0. The predicted molar refractivity (Wildman–Crippen MR) is 46.2 cm³/mol. The number of carbonyl (C=O) groups is 1. The van der Waals surface area contributed by atoms with Crippen LogP contribution in [0.25, 0.3) is 0 Å². The molecule has 0 fully saturated rings. The molecule has 4 heteroatoms. The van der Waals surface area contributed by atoms with Gasteiger partial charge in [-0.1, -0.05) is 19.8 Å². The minimum absolute atomic E-state index is 0.0708. The first kappa shape index (κ1) is 11.1. The first-order chi connectivity index (χ1) is 5.72. The summed E-state index contributed by atoms with van der Waals surface area (Å²) in [5, 5.41) is 2.35. The number of unbranched alkanes of at least 4 members (excludes halogenated alkanes) is 1. The van der Waals surface area contributed by atoms with Crippen LogP contribution in [0.5, 0.6) is 0 Å². The van der Waals surface area contributed by atoms with Crippen LogP contribution >= 0.6 is 0 Å². The number of nitrogens with one attached hydrogen (secondary N) is 1. The second-order valence-electron chi connectivity index (χ2n) is 2.61. The minimum atomic E-state index is -0.488. The second kappa shape index (κ2) is 6.79. The minimum Gasteiger partial charge on any atom is -0.347 e. The van der Waals surface area contributed by atoms with Gasteiger partial charge in [-0.25, -0.2) is 0 Å². The molecule has 0 aromatic heterocycles. The van der Waals surface area contributed by atoms with Crippen LogP contribution in [0.1, 0.15) is 26.2 Å². The smallest absolute Gasteiger partial charge is 0.237 e. The van der Waals surface area contributed by atoms with Crippen molar-refractivity contribution in [3.05, 3.63) is 0 Å².